The van der Waals surface area contributed by atoms with Crippen molar-refractivity contribution < 1.29 is 19.1 Å². The lowest BCUT2D eigenvalue weighted by Gasteiger charge is -2.19. The van der Waals surface area contributed by atoms with E-state index < -0.39 is 0 Å². The van der Waals surface area contributed by atoms with Crippen molar-refractivity contribution in [3.05, 3.63) is 34.3 Å². The third-order valence-electron chi connectivity index (χ3n) is 6.07. The molecule has 2 aromatic rings. The van der Waals surface area contributed by atoms with Crippen molar-refractivity contribution in [2.45, 2.75) is 63.3 Å². The lowest BCUT2D eigenvalue weighted by Crippen LogP contribution is -2.37. The fourth-order valence-corrected chi connectivity index (χ4v) is 5.40. The Kier molecular flexibility index (Phi) is 6.75. The average molecular weight is 444 g/mol. The van der Waals surface area contributed by atoms with E-state index in [0.29, 0.717) is 22.2 Å². The molecule has 2 amide bonds. The minimum Gasteiger partial charge on any atom is -0.497 e. The van der Waals surface area contributed by atoms with Crippen molar-refractivity contribution in [1.82, 2.24) is 10.3 Å². The van der Waals surface area contributed by atoms with E-state index >= 15 is 0 Å². The summed E-state index contributed by atoms with van der Waals surface area (Å²) < 4.78 is 10.5. The second-order valence-electron chi connectivity index (χ2n) is 8.17. The van der Waals surface area contributed by atoms with Crippen LogP contribution in [0.25, 0.3) is 0 Å². The van der Waals surface area contributed by atoms with Crippen LogP contribution in [0, 0.1) is 0 Å². The molecule has 2 N–H and O–H groups in total. The van der Waals surface area contributed by atoms with Gasteiger partial charge in [-0.3, -0.25) is 14.9 Å². The van der Waals surface area contributed by atoms with E-state index in [0.717, 1.165) is 36.3 Å². The molecule has 2 aliphatic rings. The Labute approximate surface area is 186 Å². The van der Waals surface area contributed by atoms with Crippen LogP contribution in [-0.4, -0.2) is 37.1 Å². The fourth-order valence-electron chi connectivity index (χ4n) is 4.37. The molecule has 8 heteroatoms. The summed E-state index contributed by atoms with van der Waals surface area (Å²) in [6, 6.07) is 5.30. The summed E-state index contributed by atoms with van der Waals surface area (Å²) in [5.41, 5.74) is 1.24. The summed E-state index contributed by atoms with van der Waals surface area (Å²) in [6.45, 7) is 0. The SMILES string of the molecule is COc1cc(OC)cc(C(=O)Nc2nc3c(s2)CCC3C(=O)NC2CCCCCC2)c1. The summed E-state index contributed by atoms with van der Waals surface area (Å²) in [6.07, 6.45) is 8.61. The maximum atomic E-state index is 12.9. The molecule has 1 atom stereocenters. The zero-order valence-electron chi connectivity index (χ0n) is 18.0. The second kappa shape index (κ2) is 9.68. The van der Waals surface area contributed by atoms with Crippen LogP contribution in [-0.2, 0) is 11.2 Å². The van der Waals surface area contributed by atoms with Gasteiger partial charge in [-0.2, -0.15) is 0 Å². The van der Waals surface area contributed by atoms with Crippen LogP contribution in [0.5, 0.6) is 11.5 Å². The van der Waals surface area contributed by atoms with Gasteiger partial charge in [0.25, 0.3) is 5.91 Å². The van der Waals surface area contributed by atoms with E-state index in [4.69, 9.17) is 9.47 Å². The number of nitrogens with one attached hydrogen (secondary N) is 2. The van der Waals surface area contributed by atoms with E-state index in [1.165, 1.54) is 37.0 Å². The van der Waals surface area contributed by atoms with Crippen molar-refractivity contribution >= 4 is 28.3 Å². The van der Waals surface area contributed by atoms with Gasteiger partial charge in [-0.25, -0.2) is 4.98 Å². The summed E-state index contributed by atoms with van der Waals surface area (Å²) in [5.74, 6) is 0.648. The smallest absolute Gasteiger partial charge is 0.257 e. The van der Waals surface area contributed by atoms with Gasteiger partial charge in [-0.15, -0.1) is 11.3 Å². The van der Waals surface area contributed by atoms with Gasteiger partial charge in [-0.05, 0) is 37.8 Å². The van der Waals surface area contributed by atoms with Crippen molar-refractivity contribution in [3.8, 4) is 11.5 Å². The highest BCUT2D eigenvalue weighted by atomic mass is 32.1. The summed E-state index contributed by atoms with van der Waals surface area (Å²) in [5, 5.41) is 6.64. The number of aromatic nitrogens is 1. The number of anilines is 1. The monoisotopic (exact) mass is 443 g/mol. The van der Waals surface area contributed by atoms with Crippen LogP contribution in [0.1, 0.15) is 71.8 Å². The molecule has 0 spiro atoms. The number of aryl methyl sites for hydroxylation is 1. The topological polar surface area (TPSA) is 89.6 Å². The van der Waals surface area contributed by atoms with Crippen LogP contribution in [0.3, 0.4) is 0 Å². The molecule has 2 aliphatic carbocycles. The molecular weight excluding hydrogens is 414 g/mol. The van der Waals surface area contributed by atoms with Crippen molar-refractivity contribution in [2.24, 2.45) is 0 Å². The molecule has 1 heterocycles. The van der Waals surface area contributed by atoms with Crippen LogP contribution >= 0.6 is 11.3 Å². The highest BCUT2D eigenvalue weighted by Crippen LogP contribution is 2.39. The van der Waals surface area contributed by atoms with Crippen LogP contribution in [0.2, 0.25) is 0 Å². The van der Waals surface area contributed by atoms with Gasteiger partial charge in [0.1, 0.15) is 11.5 Å². The quantitative estimate of drug-likeness (QED) is 0.651. The second-order valence-corrected chi connectivity index (χ2v) is 9.25. The number of benzene rings is 1. The van der Waals surface area contributed by atoms with Gasteiger partial charge in [-0.1, -0.05) is 25.7 Å². The molecule has 4 rings (SSSR count). The van der Waals surface area contributed by atoms with Gasteiger partial charge in [0.2, 0.25) is 5.91 Å². The Morgan fingerprint density at radius 3 is 2.32 bits per heavy atom. The molecule has 1 fully saturated rings. The predicted octanol–water partition coefficient (Wildman–Crippen LogP) is 4.28. The van der Waals surface area contributed by atoms with E-state index in [2.05, 4.69) is 15.6 Å². The summed E-state index contributed by atoms with van der Waals surface area (Å²) >= 11 is 1.45. The fraction of sp³-hybridized carbons (Fsp3) is 0.522. The van der Waals surface area contributed by atoms with Gasteiger partial charge in [0.05, 0.1) is 25.8 Å². The van der Waals surface area contributed by atoms with E-state index in [1.54, 1.807) is 32.4 Å². The number of ether oxygens (including phenoxy) is 2. The zero-order valence-corrected chi connectivity index (χ0v) is 18.8. The number of carbonyl (C=O) groups excluding carboxylic acids is 2. The minimum absolute atomic E-state index is 0.0753. The van der Waals surface area contributed by atoms with Crippen molar-refractivity contribution in [1.29, 1.82) is 0 Å². The highest BCUT2D eigenvalue weighted by molar-refractivity contribution is 7.16. The molecule has 7 nitrogen and oxygen atoms in total. The first kappa shape index (κ1) is 21.6. The number of fused-ring (bicyclic) bond motifs is 1. The Hall–Kier alpha value is -2.61. The molecule has 1 unspecified atom stereocenters. The van der Waals surface area contributed by atoms with Crippen LogP contribution in [0.4, 0.5) is 5.13 Å². The Bertz CT molecular complexity index is 928. The van der Waals surface area contributed by atoms with E-state index in [1.807, 2.05) is 0 Å². The van der Waals surface area contributed by atoms with E-state index in [-0.39, 0.29) is 23.8 Å². The Morgan fingerprint density at radius 2 is 1.68 bits per heavy atom. The van der Waals surface area contributed by atoms with Crippen molar-refractivity contribution in [2.75, 3.05) is 19.5 Å². The number of thiazole rings is 1. The maximum Gasteiger partial charge on any atom is 0.257 e. The normalized spacial score (nSPS) is 18.7. The molecular formula is C23H29N3O4S. The average Bonchev–Trinajstić information content (AvgIpc) is 3.24. The molecule has 0 saturated heterocycles. The molecule has 1 saturated carbocycles. The first-order valence-corrected chi connectivity index (χ1v) is 11.7. The largest absolute Gasteiger partial charge is 0.497 e. The van der Waals surface area contributed by atoms with E-state index in [9.17, 15) is 9.59 Å². The number of carbonyl (C=O) groups is 2. The summed E-state index contributed by atoms with van der Waals surface area (Å²) in [4.78, 5) is 31.4. The first-order chi connectivity index (χ1) is 15.1. The predicted molar refractivity (Wildman–Crippen MR) is 120 cm³/mol. The molecule has 1 aromatic carbocycles. The van der Waals surface area contributed by atoms with Gasteiger partial charge >= 0.3 is 0 Å². The Morgan fingerprint density at radius 1 is 1.00 bits per heavy atom. The molecule has 166 valence electrons. The molecule has 0 bridgehead atoms. The number of rotatable bonds is 6. The third-order valence-corrected chi connectivity index (χ3v) is 7.12. The Balaban J connectivity index is 1.43. The van der Waals surface area contributed by atoms with Crippen LogP contribution < -0.4 is 20.1 Å². The number of hydrogen-bond acceptors (Lipinski definition) is 6. The number of nitrogens with zero attached hydrogens (tertiary/aromatic N) is 1. The van der Waals surface area contributed by atoms with Crippen molar-refractivity contribution in [3.63, 3.8) is 0 Å². The lowest BCUT2D eigenvalue weighted by molar-refractivity contribution is -0.123. The van der Waals surface area contributed by atoms with Gasteiger partial charge < -0.3 is 14.8 Å². The lowest BCUT2D eigenvalue weighted by atomic mass is 10.0. The number of methoxy groups -OCH3 is 2. The standard InChI is InChI=1S/C23H29N3O4S/c1-29-16-11-14(12-17(13-16)30-2)21(27)26-23-25-20-18(9-10-19(20)31-23)22(28)24-15-7-5-3-4-6-8-15/h11-13,15,18H,3-10H2,1-2H3,(H,24,28)(H,25,26,27). The zero-order chi connectivity index (χ0) is 21.8. The molecule has 0 aliphatic heterocycles. The minimum atomic E-state index is -0.288. The molecule has 31 heavy (non-hydrogen) atoms. The highest BCUT2D eigenvalue weighted by Gasteiger charge is 2.33. The third kappa shape index (κ3) is 5.01. The number of hydrogen-bond donors (Lipinski definition) is 2. The first-order valence-electron chi connectivity index (χ1n) is 10.9. The van der Waals surface area contributed by atoms with Gasteiger partial charge in [0, 0.05) is 22.5 Å². The maximum absolute atomic E-state index is 12.9. The number of amides is 2. The van der Waals surface area contributed by atoms with Gasteiger partial charge in [0.15, 0.2) is 5.13 Å². The summed E-state index contributed by atoms with van der Waals surface area (Å²) in [7, 11) is 3.09. The molecule has 1 aromatic heterocycles. The molecule has 0 radical (unpaired) electrons. The van der Waals surface area contributed by atoms with Crippen LogP contribution in [0.15, 0.2) is 18.2 Å².